The standard InChI is InChI=1S/C29H35F6N5/c1-18-4-8-21(9-5-18)37-17-24-16-26(38-22-10-6-19(7-11-22)28(30,31)32)25-13-12-23(39-27(25)40-24)15-20(3-2-14-36)29(33,34)35/h2-3,6-7,10-14,16,18,21,24,27,37-40H,4-5,8-9,15,17,36H2,1H3/b14-2-,20-3+. The van der Waals surface area contributed by atoms with Crippen LogP contribution in [-0.4, -0.2) is 31.0 Å². The van der Waals surface area contributed by atoms with Gasteiger partial charge in [0, 0.05) is 53.3 Å². The van der Waals surface area contributed by atoms with Crippen molar-refractivity contribution in [1.29, 1.82) is 0 Å². The third-order valence-corrected chi connectivity index (χ3v) is 7.45. The van der Waals surface area contributed by atoms with Gasteiger partial charge in [0.25, 0.3) is 0 Å². The Hall–Kier alpha value is -3.18. The molecule has 0 aromatic heterocycles. The zero-order valence-corrected chi connectivity index (χ0v) is 22.2. The van der Waals surface area contributed by atoms with Crippen molar-refractivity contribution in [1.82, 2.24) is 16.0 Å². The Kier molecular flexibility index (Phi) is 9.35. The first-order chi connectivity index (χ1) is 18.9. The van der Waals surface area contributed by atoms with Crippen LogP contribution < -0.4 is 27.0 Å². The Morgan fingerprint density at radius 3 is 2.35 bits per heavy atom. The van der Waals surface area contributed by atoms with Crippen molar-refractivity contribution in [3.05, 3.63) is 88.9 Å². The molecule has 5 nitrogen and oxygen atoms in total. The summed E-state index contributed by atoms with van der Waals surface area (Å²) < 4.78 is 79.8. The van der Waals surface area contributed by atoms with E-state index in [1.807, 2.05) is 6.08 Å². The lowest BCUT2D eigenvalue weighted by molar-refractivity contribution is -0.137. The normalized spacial score (nSPS) is 26.0. The third kappa shape index (κ3) is 7.94. The molecule has 1 saturated carbocycles. The molecular formula is C29H35F6N5. The van der Waals surface area contributed by atoms with Gasteiger partial charge in [0.15, 0.2) is 0 Å². The summed E-state index contributed by atoms with van der Waals surface area (Å²) in [7, 11) is 0. The molecule has 40 heavy (non-hydrogen) atoms. The Morgan fingerprint density at radius 2 is 1.73 bits per heavy atom. The van der Waals surface area contributed by atoms with Crippen LogP contribution >= 0.6 is 0 Å². The van der Waals surface area contributed by atoms with E-state index in [1.54, 1.807) is 12.2 Å². The van der Waals surface area contributed by atoms with E-state index >= 15 is 0 Å². The van der Waals surface area contributed by atoms with Crippen LogP contribution in [0.2, 0.25) is 0 Å². The van der Waals surface area contributed by atoms with Crippen LogP contribution in [0.1, 0.15) is 44.6 Å². The minimum Gasteiger partial charge on any atom is -0.405 e. The van der Waals surface area contributed by atoms with Gasteiger partial charge in [0.1, 0.15) is 6.17 Å². The van der Waals surface area contributed by atoms with Crippen molar-refractivity contribution in [2.75, 3.05) is 11.9 Å². The maximum atomic E-state index is 13.6. The highest BCUT2D eigenvalue weighted by atomic mass is 19.4. The molecule has 0 bridgehead atoms. The smallest absolute Gasteiger partial charge is 0.405 e. The molecule has 0 amide bonds. The topological polar surface area (TPSA) is 74.1 Å². The summed E-state index contributed by atoms with van der Waals surface area (Å²) in [4.78, 5) is 0. The first kappa shape index (κ1) is 29.8. The highest BCUT2D eigenvalue weighted by molar-refractivity contribution is 5.58. The molecule has 2 unspecified atom stereocenters. The van der Waals surface area contributed by atoms with Crippen molar-refractivity contribution >= 4 is 5.69 Å². The van der Waals surface area contributed by atoms with E-state index < -0.39 is 29.7 Å². The van der Waals surface area contributed by atoms with Gasteiger partial charge in [-0.3, -0.25) is 5.32 Å². The largest absolute Gasteiger partial charge is 0.416 e. The highest BCUT2D eigenvalue weighted by Gasteiger charge is 2.35. The summed E-state index contributed by atoms with van der Waals surface area (Å²) in [5.41, 5.74) is 6.00. The number of rotatable bonds is 8. The van der Waals surface area contributed by atoms with Gasteiger partial charge in [-0.25, -0.2) is 0 Å². The van der Waals surface area contributed by atoms with Crippen molar-refractivity contribution in [2.24, 2.45) is 11.7 Å². The van der Waals surface area contributed by atoms with Crippen molar-refractivity contribution in [2.45, 2.75) is 69.6 Å². The Bertz CT molecular complexity index is 1170. The first-order valence-corrected chi connectivity index (χ1v) is 13.4. The van der Waals surface area contributed by atoms with E-state index in [9.17, 15) is 26.3 Å². The van der Waals surface area contributed by atoms with Crippen LogP contribution in [-0.2, 0) is 6.18 Å². The summed E-state index contributed by atoms with van der Waals surface area (Å²) >= 11 is 0. The van der Waals surface area contributed by atoms with Gasteiger partial charge in [-0.1, -0.05) is 19.1 Å². The third-order valence-electron chi connectivity index (χ3n) is 7.45. The molecule has 6 N–H and O–H groups in total. The number of fused-ring (bicyclic) bond motifs is 1. The lowest BCUT2D eigenvalue weighted by atomic mass is 9.87. The summed E-state index contributed by atoms with van der Waals surface area (Å²) in [6, 6.07) is 4.96. The van der Waals surface area contributed by atoms with E-state index in [0.29, 0.717) is 35.6 Å². The molecule has 1 aliphatic carbocycles. The maximum Gasteiger partial charge on any atom is 0.416 e. The monoisotopic (exact) mass is 567 g/mol. The van der Waals surface area contributed by atoms with E-state index in [2.05, 4.69) is 28.2 Å². The maximum absolute atomic E-state index is 13.6. The van der Waals surface area contributed by atoms with Crippen molar-refractivity contribution in [3.63, 3.8) is 0 Å². The number of dihydropyridines is 1. The molecule has 218 valence electrons. The highest BCUT2D eigenvalue weighted by Crippen LogP contribution is 2.34. The first-order valence-electron chi connectivity index (χ1n) is 13.4. The van der Waals surface area contributed by atoms with E-state index in [-0.39, 0.29) is 12.5 Å². The molecule has 1 fully saturated rings. The van der Waals surface area contributed by atoms with Crippen LogP contribution in [0.4, 0.5) is 32.0 Å². The van der Waals surface area contributed by atoms with Gasteiger partial charge in [-0.15, -0.1) is 0 Å². The van der Waals surface area contributed by atoms with Gasteiger partial charge in [-0.2, -0.15) is 26.3 Å². The lowest BCUT2D eigenvalue weighted by Gasteiger charge is -2.38. The van der Waals surface area contributed by atoms with Gasteiger partial charge in [0.05, 0.1) is 5.56 Å². The molecule has 0 saturated heterocycles. The van der Waals surface area contributed by atoms with E-state index in [0.717, 1.165) is 61.7 Å². The summed E-state index contributed by atoms with van der Waals surface area (Å²) in [6.07, 6.45) is 3.07. The molecule has 11 heteroatoms. The fourth-order valence-corrected chi connectivity index (χ4v) is 5.16. The van der Waals surface area contributed by atoms with E-state index in [4.69, 9.17) is 5.73 Å². The fourth-order valence-electron chi connectivity index (χ4n) is 5.16. The number of nitrogens with two attached hydrogens (primary N) is 1. The number of alkyl halides is 6. The summed E-state index contributed by atoms with van der Waals surface area (Å²) in [6.45, 7) is 2.84. The van der Waals surface area contributed by atoms with Gasteiger partial charge in [-0.05, 0) is 80.3 Å². The Labute approximate surface area is 230 Å². The second kappa shape index (κ2) is 12.6. The predicted molar refractivity (Wildman–Crippen MR) is 145 cm³/mol. The summed E-state index contributed by atoms with van der Waals surface area (Å²) in [5.74, 6) is 0.714. The molecule has 4 rings (SSSR count). The van der Waals surface area contributed by atoms with Crippen LogP contribution in [0.25, 0.3) is 0 Å². The number of nitrogens with one attached hydrogen (secondary N) is 4. The number of halogens is 6. The zero-order valence-electron chi connectivity index (χ0n) is 22.2. The molecule has 2 atom stereocenters. The molecule has 0 radical (unpaired) electrons. The number of benzene rings is 1. The van der Waals surface area contributed by atoms with Crippen LogP contribution in [0.3, 0.4) is 0 Å². The molecule has 1 aromatic carbocycles. The minimum absolute atomic E-state index is 0.178. The number of hydrogen-bond donors (Lipinski definition) is 5. The van der Waals surface area contributed by atoms with Crippen LogP contribution in [0.5, 0.6) is 0 Å². The van der Waals surface area contributed by atoms with Gasteiger partial charge in [0.2, 0.25) is 0 Å². The molecule has 2 heterocycles. The quantitative estimate of drug-likeness (QED) is 0.190. The molecule has 2 aliphatic heterocycles. The SMILES string of the molecule is CC1CCC(NCC2C=C(Nc3ccc(C(F)(F)F)cc3)C3=CC=C(C/C(=C\C=C/N)C(F)(F)F)NC3N2)CC1. The second-order valence-electron chi connectivity index (χ2n) is 10.6. The van der Waals surface area contributed by atoms with Crippen LogP contribution in [0, 0.1) is 5.92 Å². The fraction of sp³-hybridized carbons (Fsp3) is 0.448. The number of hydrogen-bond acceptors (Lipinski definition) is 5. The number of anilines is 1. The minimum atomic E-state index is -4.52. The predicted octanol–water partition coefficient (Wildman–Crippen LogP) is 6.23. The summed E-state index contributed by atoms with van der Waals surface area (Å²) in [5, 5.41) is 13.4. The molecule has 3 aliphatic rings. The van der Waals surface area contributed by atoms with Gasteiger partial charge >= 0.3 is 12.4 Å². The zero-order chi connectivity index (χ0) is 28.9. The van der Waals surface area contributed by atoms with E-state index in [1.165, 1.54) is 12.1 Å². The second-order valence-corrected chi connectivity index (χ2v) is 10.6. The Balaban J connectivity index is 1.55. The Morgan fingerprint density at radius 1 is 1.02 bits per heavy atom. The molecular weight excluding hydrogens is 532 g/mol. The van der Waals surface area contributed by atoms with Gasteiger partial charge < -0.3 is 21.7 Å². The lowest BCUT2D eigenvalue weighted by Crippen LogP contribution is -2.55. The average molecular weight is 568 g/mol. The number of allylic oxidation sites excluding steroid dienone is 5. The molecule has 1 aromatic rings. The average Bonchev–Trinajstić information content (AvgIpc) is 2.89. The van der Waals surface area contributed by atoms with Crippen molar-refractivity contribution < 1.29 is 26.3 Å². The van der Waals surface area contributed by atoms with Crippen LogP contribution in [0.15, 0.2) is 83.4 Å². The van der Waals surface area contributed by atoms with Crippen molar-refractivity contribution in [3.8, 4) is 0 Å². The molecule has 0 spiro atoms.